The van der Waals surface area contributed by atoms with Gasteiger partial charge in [0.25, 0.3) is 0 Å². The number of benzene rings is 1. The van der Waals surface area contributed by atoms with Crippen molar-refractivity contribution >= 4 is 0 Å². The van der Waals surface area contributed by atoms with E-state index in [1.54, 1.807) is 13.4 Å². The largest absolute Gasteiger partial charge is 0.377 e. The predicted octanol–water partition coefficient (Wildman–Crippen LogP) is 3.73. The van der Waals surface area contributed by atoms with Crippen LogP contribution < -0.4 is 0 Å². The van der Waals surface area contributed by atoms with Crippen molar-refractivity contribution in [1.82, 2.24) is 9.97 Å². The molecule has 0 spiro atoms. The lowest BCUT2D eigenvalue weighted by Crippen LogP contribution is -1.96. The standard InChI is InChI=1S/C16H18N2O/c1-11(19-2)13-4-3-5-14(8-13)16-9-15(12-6-7-12)17-10-18-16/h3-5,8-12H,6-7H2,1-2H3. The van der Waals surface area contributed by atoms with Gasteiger partial charge in [0.1, 0.15) is 6.33 Å². The third-order valence-electron chi connectivity index (χ3n) is 3.69. The minimum absolute atomic E-state index is 0.102. The monoisotopic (exact) mass is 254 g/mol. The van der Waals surface area contributed by atoms with E-state index in [4.69, 9.17) is 4.74 Å². The highest BCUT2D eigenvalue weighted by atomic mass is 16.5. The zero-order chi connectivity index (χ0) is 13.2. The summed E-state index contributed by atoms with van der Waals surface area (Å²) in [5.41, 5.74) is 4.48. The quantitative estimate of drug-likeness (QED) is 0.834. The van der Waals surface area contributed by atoms with E-state index in [0.717, 1.165) is 11.3 Å². The molecule has 1 aliphatic rings. The van der Waals surface area contributed by atoms with Crippen LogP contribution in [0, 0.1) is 0 Å². The highest BCUT2D eigenvalue weighted by Gasteiger charge is 2.25. The molecular formula is C16H18N2O. The highest BCUT2D eigenvalue weighted by Crippen LogP contribution is 2.39. The van der Waals surface area contributed by atoms with Crippen molar-refractivity contribution in [3.05, 3.63) is 47.9 Å². The average Bonchev–Trinajstić information content (AvgIpc) is 3.31. The van der Waals surface area contributed by atoms with Gasteiger partial charge in [-0.15, -0.1) is 0 Å². The van der Waals surface area contributed by atoms with E-state index in [2.05, 4.69) is 47.2 Å². The number of nitrogens with zero attached hydrogens (tertiary/aromatic N) is 2. The van der Waals surface area contributed by atoms with Crippen LogP contribution >= 0.6 is 0 Å². The second-order valence-electron chi connectivity index (χ2n) is 5.11. The molecule has 1 fully saturated rings. The van der Waals surface area contributed by atoms with E-state index in [9.17, 15) is 0 Å². The predicted molar refractivity (Wildman–Crippen MR) is 74.9 cm³/mol. The number of methoxy groups -OCH3 is 1. The highest BCUT2D eigenvalue weighted by molar-refractivity contribution is 5.60. The fourth-order valence-corrected chi connectivity index (χ4v) is 2.22. The van der Waals surface area contributed by atoms with Crippen LogP contribution in [0.3, 0.4) is 0 Å². The molecule has 1 aliphatic carbocycles. The summed E-state index contributed by atoms with van der Waals surface area (Å²) >= 11 is 0. The summed E-state index contributed by atoms with van der Waals surface area (Å²) in [5, 5.41) is 0. The van der Waals surface area contributed by atoms with Gasteiger partial charge in [-0.3, -0.25) is 0 Å². The van der Waals surface area contributed by atoms with E-state index in [1.165, 1.54) is 24.1 Å². The smallest absolute Gasteiger partial charge is 0.116 e. The second kappa shape index (κ2) is 5.10. The Morgan fingerprint density at radius 3 is 2.79 bits per heavy atom. The number of ether oxygens (including phenoxy) is 1. The van der Waals surface area contributed by atoms with E-state index in [-0.39, 0.29) is 6.10 Å². The lowest BCUT2D eigenvalue weighted by atomic mass is 10.0. The number of hydrogen-bond acceptors (Lipinski definition) is 3. The van der Waals surface area contributed by atoms with Gasteiger partial charge in [0.15, 0.2) is 0 Å². The van der Waals surface area contributed by atoms with Crippen LogP contribution in [0.25, 0.3) is 11.3 Å². The van der Waals surface area contributed by atoms with Gasteiger partial charge in [-0.1, -0.05) is 18.2 Å². The van der Waals surface area contributed by atoms with E-state index < -0.39 is 0 Å². The first-order valence-corrected chi connectivity index (χ1v) is 6.73. The molecule has 1 aromatic heterocycles. The molecule has 19 heavy (non-hydrogen) atoms. The molecule has 0 amide bonds. The van der Waals surface area contributed by atoms with Gasteiger partial charge in [0, 0.05) is 24.3 Å². The minimum atomic E-state index is 0.102. The second-order valence-corrected chi connectivity index (χ2v) is 5.11. The molecular weight excluding hydrogens is 236 g/mol. The van der Waals surface area contributed by atoms with Crippen molar-refractivity contribution in [3.63, 3.8) is 0 Å². The molecule has 3 rings (SSSR count). The van der Waals surface area contributed by atoms with Crippen LogP contribution in [0.1, 0.15) is 43.0 Å². The summed E-state index contributed by atoms with van der Waals surface area (Å²) in [6, 6.07) is 10.5. The van der Waals surface area contributed by atoms with Crippen LogP contribution in [-0.2, 0) is 4.74 Å². The molecule has 3 heteroatoms. The van der Waals surface area contributed by atoms with E-state index in [0.29, 0.717) is 5.92 Å². The molecule has 1 atom stereocenters. The summed E-state index contributed by atoms with van der Waals surface area (Å²) in [5.74, 6) is 0.655. The maximum atomic E-state index is 5.37. The van der Waals surface area contributed by atoms with Crippen LogP contribution in [-0.4, -0.2) is 17.1 Å². The lowest BCUT2D eigenvalue weighted by molar-refractivity contribution is 0.119. The zero-order valence-corrected chi connectivity index (χ0v) is 11.3. The first-order valence-electron chi connectivity index (χ1n) is 6.73. The Hall–Kier alpha value is -1.74. The van der Waals surface area contributed by atoms with Crippen LogP contribution in [0.2, 0.25) is 0 Å². The van der Waals surface area contributed by atoms with Crippen molar-refractivity contribution in [2.45, 2.75) is 31.8 Å². The van der Waals surface area contributed by atoms with Gasteiger partial charge < -0.3 is 4.74 Å². The third-order valence-corrected chi connectivity index (χ3v) is 3.69. The number of rotatable bonds is 4. The molecule has 3 nitrogen and oxygen atoms in total. The molecule has 0 N–H and O–H groups in total. The first-order chi connectivity index (χ1) is 9.28. The summed E-state index contributed by atoms with van der Waals surface area (Å²) in [7, 11) is 1.73. The maximum Gasteiger partial charge on any atom is 0.116 e. The molecule has 2 aromatic rings. The van der Waals surface area contributed by atoms with Gasteiger partial charge in [0.2, 0.25) is 0 Å². The van der Waals surface area contributed by atoms with Crippen LogP contribution in [0.5, 0.6) is 0 Å². The van der Waals surface area contributed by atoms with Gasteiger partial charge in [-0.25, -0.2) is 9.97 Å². The van der Waals surface area contributed by atoms with E-state index in [1.807, 2.05) is 0 Å². The van der Waals surface area contributed by atoms with Gasteiger partial charge >= 0.3 is 0 Å². The van der Waals surface area contributed by atoms with E-state index >= 15 is 0 Å². The van der Waals surface area contributed by atoms with Crippen molar-refractivity contribution in [2.75, 3.05) is 7.11 Å². The first kappa shape index (κ1) is 12.3. The van der Waals surface area contributed by atoms with Gasteiger partial charge in [-0.2, -0.15) is 0 Å². The number of aromatic nitrogens is 2. The van der Waals surface area contributed by atoms with Crippen molar-refractivity contribution in [1.29, 1.82) is 0 Å². The molecule has 0 bridgehead atoms. The fourth-order valence-electron chi connectivity index (χ4n) is 2.22. The summed E-state index contributed by atoms with van der Waals surface area (Å²) in [4.78, 5) is 8.76. The van der Waals surface area contributed by atoms with Crippen molar-refractivity contribution in [3.8, 4) is 11.3 Å². The Labute approximate surface area is 113 Å². The maximum absolute atomic E-state index is 5.37. The van der Waals surface area contributed by atoms with Crippen LogP contribution in [0.4, 0.5) is 0 Å². The molecule has 1 saturated carbocycles. The molecule has 1 heterocycles. The lowest BCUT2D eigenvalue weighted by Gasteiger charge is -2.11. The molecule has 0 aliphatic heterocycles. The third kappa shape index (κ3) is 2.66. The zero-order valence-electron chi connectivity index (χ0n) is 11.3. The van der Waals surface area contributed by atoms with Gasteiger partial charge in [-0.05, 0) is 37.5 Å². The topological polar surface area (TPSA) is 35.0 Å². The molecule has 0 saturated heterocycles. The summed E-state index contributed by atoms with van der Waals surface area (Å²) in [6.45, 7) is 2.05. The molecule has 0 radical (unpaired) electrons. The Morgan fingerprint density at radius 2 is 2.05 bits per heavy atom. The normalized spacial score (nSPS) is 16.3. The van der Waals surface area contributed by atoms with Crippen molar-refractivity contribution < 1.29 is 4.74 Å². The molecule has 1 aromatic carbocycles. The van der Waals surface area contributed by atoms with Crippen LogP contribution in [0.15, 0.2) is 36.7 Å². The summed E-state index contributed by atoms with van der Waals surface area (Å²) in [6.07, 6.45) is 4.30. The fraction of sp³-hybridized carbons (Fsp3) is 0.375. The Kier molecular flexibility index (Phi) is 3.30. The average molecular weight is 254 g/mol. The number of hydrogen-bond donors (Lipinski definition) is 0. The Morgan fingerprint density at radius 1 is 1.21 bits per heavy atom. The minimum Gasteiger partial charge on any atom is -0.377 e. The van der Waals surface area contributed by atoms with Crippen molar-refractivity contribution in [2.24, 2.45) is 0 Å². The van der Waals surface area contributed by atoms with Gasteiger partial charge in [0.05, 0.1) is 11.8 Å². The molecule has 1 unspecified atom stereocenters. The Bertz CT molecular complexity index is 578. The Balaban J connectivity index is 1.94. The summed E-state index contributed by atoms with van der Waals surface area (Å²) < 4.78 is 5.37. The molecule has 98 valence electrons. The SMILES string of the molecule is COC(C)c1cccc(-c2cc(C3CC3)ncn2)c1.